The van der Waals surface area contributed by atoms with E-state index in [4.69, 9.17) is 11.6 Å². The van der Waals surface area contributed by atoms with Gasteiger partial charge >= 0.3 is 0 Å². The Morgan fingerprint density at radius 3 is 1.97 bits per heavy atom. The minimum Gasteiger partial charge on any atom is -0.339 e. The van der Waals surface area contributed by atoms with E-state index < -0.39 is 0 Å². The highest BCUT2D eigenvalue weighted by atomic mass is 35.5. The third-order valence-corrected chi connectivity index (χ3v) is 7.11. The second-order valence-electron chi connectivity index (χ2n) is 9.33. The Morgan fingerprint density at radius 2 is 1.36 bits per heavy atom. The average molecular weight is 461 g/mol. The smallest absolute Gasteiger partial charge is 0.253 e. The zero-order chi connectivity index (χ0) is 23.2. The van der Waals surface area contributed by atoms with Crippen molar-refractivity contribution in [1.29, 1.82) is 0 Å². The first-order valence-electron chi connectivity index (χ1n) is 11.8. The Balaban J connectivity index is 1.28. The number of carbonyl (C=O) groups excluding carboxylic acids is 1. The Hall–Kier alpha value is -2.62. The van der Waals surface area contributed by atoms with Crippen molar-refractivity contribution < 1.29 is 4.79 Å². The predicted molar refractivity (Wildman–Crippen MR) is 137 cm³/mol. The fourth-order valence-corrected chi connectivity index (χ4v) is 5.04. The summed E-state index contributed by atoms with van der Waals surface area (Å²) in [6.07, 6.45) is 4.33. The molecule has 0 radical (unpaired) electrons. The summed E-state index contributed by atoms with van der Waals surface area (Å²) in [6, 6.07) is 27.3. The minimum absolute atomic E-state index is 0.0825. The van der Waals surface area contributed by atoms with Gasteiger partial charge in [-0.3, -0.25) is 9.69 Å². The van der Waals surface area contributed by atoms with Gasteiger partial charge in [-0.05, 0) is 79.6 Å². The molecule has 0 spiro atoms. The van der Waals surface area contributed by atoms with Crippen LogP contribution in [0.15, 0.2) is 78.9 Å². The number of rotatable bonds is 7. The van der Waals surface area contributed by atoms with Crippen molar-refractivity contribution in [3.63, 3.8) is 0 Å². The summed E-state index contributed by atoms with van der Waals surface area (Å²) in [6.45, 7) is 1.90. The van der Waals surface area contributed by atoms with Crippen LogP contribution < -0.4 is 0 Å². The van der Waals surface area contributed by atoms with Gasteiger partial charge in [0.1, 0.15) is 0 Å². The van der Waals surface area contributed by atoms with Gasteiger partial charge in [0.15, 0.2) is 0 Å². The van der Waals surface area contributed by atoms with E-state index in [1.54, 1.807) is 12.1 Å². The average Bonchev–Trinajstić information content (AvgIpc) is 2.85. The Labute approximate surface area is 203 Å². The SMILES string of the molecule is CN(Cc1ccccc1)Cc1ccc(C2CCC(N(C)C(=O)c3ccc(Cl)cc3)CC2)cc1. The largest absolute Gasteiger partial charge is 0.339 e. The second-order valence-corrected chi connectivity index (χ2v) is 9.76. The summed E-state index contributed by atoms with van der Waals surface area (Å²) in [7, 11) is 4.10. The van der Waals surface area contributed by atoms with E-state index in [1.807, 2.05) is 24.1 Å². The van der Waals surface area contributed by atoms with E-state index in [0.717, 1.165) is 38.8 Å². The third kappa shape index (κ3) is 6.25. The summed E-state index contributed by atoms with van der Waals surface area (Å²) in [5.41, 5.74) is 4.82. The molecule has 4 heteroatoms. The van der Waals surface area contributed by atoms with Crippen LogP contribution in [0, 0.1) is 0 Å². The predicted octanol–water partition coefficient (Wildman–Crippen LogP) is 6.77. The van der Waals surface area contributed by atoms with Gasteiger partial charge in [-0.15, -0.1) is 0 Å². The fourth-order valence-electron chi connectivity index (χ4n) is 4.92. The van der Waals surface area contributed by atoms with Crippen LogP contribution in [0.5, 0.6) is 0 Å². The zero-order valence-electron chi connectivity index (χ0n) is 19.6. The van der Waals surface area contributed by atoms with Gasteiger partial charge in [0.05, 0.1) is 0 Å². The van der Waals surface area contributed by atoms with Crippen LogP contribution in [-0.4, -0.2) is 35.8 Å². The first kappa shape index (κ1) is 23.5. The number of benzene rings is 3. The molecule has 1 fully saturated rings. The van der Waals surface area contributed by atoms with Crippen molar-refractivity contribution in [2.24, 2.45) is 0 Å². The van der Waals surface area contributed by atoms with Crippen molar-refractivity contribution in [3.8, 4) is 0 Å². The number of nitrogens with zero attached hydrogens (tertiary/aromatic N) is 2. The molecule has 3 aromatic carbocycles. The molecule has 172 valence electrons. The van der Waals surface area contributed by atoms with Crippen LogP contribution in [0.3, 0.4) is 0 Å². The normalized spacial score (nSPS) is 18.3. The molecule has 33 heavy (non-hydrogen) atoms. The van der Waals surface area contributed by atoms with Crippen LogP contribution in [0.4, 0.5) is 0 Å². The van der Waals surface area contributed by atoms with Crippen molar-refractivity contribution in [3.05, 3.63) is 106 Å². The van der Waals surface area contributed by atoms with Crippen molar-refractivity contribution in [2.75, 3.05) is 14.1 Å². The lowest BCUT2D eigenvalue weighted by Gasteiger charge is -2.35. The van der Waals surface area contributed by atoms with Crippen molar-refractivity contribution in [2.45, 2.75) is 50.7 Å². The van der Waals surface area contributed by atoms with Crippen LogP contribution in [0.25, 0.3) is 0 Å². The second kappa shape index (κ2) is 11.0. The Bertz CT molecular complexity index is 1030. The zero-order valence-corrected chi connectivity index (χ0v) is 20.3. The molecular weight excluding hydrogens is 428 g/mol. The van der Waals surface area contributed by atoms with Crippen LogP contribution >= 0.6 is 11.6 Å². The lowest BCUT2D eigenvalue weighted by atomic mass is 9.81. The van der Waals surface area contributed by atoms with E-state index in [9.17, 15) is 4.79 Å². The standard InChI is InChI=1S/C29H33ClN2O/c1-31(20-22-6-4-3-5-7-22)21-23-8-10-24(11-9-23)25-14-18-28(19-15-25)32(2)29(33)26-12-16-27(30)17-13-26/h3-13,16-17,25,28H,14-15,18-21H2,1-2H3. The summed E-state index contributed by atoms with van der Waals surface area (Å²) in [5, 5.41) is 0.656. The number of carbonyl (C=O) groups is 1. The van der Waals surface area contributed by atoms with Crippen LogP contribution in [-0.2, 0) is 13.1 Å². The number of hydrogen-bond acceptors (Lipinski definition) is 2. The molecule has 0 heterocycles. The summed E-state index contributed by atoms with van der Waals surface area (Å²) >= 11 is 5.96. The highest BCUT2D eigenvalue weighted by Gasteiger charge is 2.27. The number of amides is 1. The lowest BCUT2D eigenvalue weighted by molar-refractivity contribution is 0.0689. The van der Waals surface area contributed by atoms with E-state index in [-0.39, 0.29) is 5.91 Å². The molecule has 4 rings (SSSR count). The van der Waals surface area contributed by atoms with E-state index in [2.05, 4.69) is 66.5 Å². The van der Waals surface area contributed by atoms with Gasteiger partial charge in [0.25, 0.3) is 5.91 Å². The molecule has 0 N–H and O–H groups in total. The fraction of sp³-hybridized carbons (Fsp3) is 0.345. The van der Waals surface area contributed by atoms with Gasteiger partial charge in [-0.25, -0.2) is 0 Å². The highest BCUT2D eigenvalue weighted by molar-refractivity contribution is 6.30. The third-order valence-electron chi connectivity index (χ3n) is 6.85. The van der Waals surface area contributed by atoms with E-state index in [0.29, 0.717) is 22.5 Å². The quantitative estimate of drug-likeness (QED) is 0.388. The van der Waals surface area contributed by atoms with Gasteiger partial charge < -0.3 is 4.90 Å². The maximum Gasteiger partial charge on any atom is 0.253 e. The topological polar surface area (TPSA) is 23.6 Å². The lowest BCUT2D eigenvalue weighted by Crippen LogP contribution is -2.39. The molecule has 1 saturated carbocycles. The number of halogens is 1. The molecule has 0 saturated heterocycles. The Kier molecular flexibility index (Phi) is 7.85. The molecule has 3 aromatic rings. The molecule has 1 amide bonds. The summed E-state index contributed by atoms with van der Waals surface area (Å²) in [4.78, 5) is 17.1. The molecule has 1 aliphatic carbocycles. The molecular formula is C29H33ClN2O. The van der Waals surface area contributed by atoms with E-state index in [1.165, 1.54) is 16.7 Å². The first-order chi connectivity index (χ1) is 16.0. The molecule has 0 bridgehead atoms. The van der Waals surface area contributed by atoms with Gasteiger partial charge in [0, 0.05) is 36.8 Å². The first-order valence-corrected chi connectivity index (χ1v) is 12.2. The molecule has 0 unspecified atom stereocenters. The van der Waals surface area contributed by atoms with Gasteiger partial charge in [0.2, 0.25) is 0 Å². The molecule has 0 aromatic heterocycles. The highest BCUT2D eigenvalue weighted by Crippen LogP contribution is 2.35. The minimum atomic E-state index is 0.0825. The van der Waals surface area contributed by atoms with Crippen LogP contribution in [0.2, 0.25) is 5.02 Å². The van der Waals surface area contributed by atoms with Crippen LogP contribution in [0.1, 0.15) is 58.6 Å². The molecule has 1 aliphatic rings. The monoisotopic (exact) mass is 460 g/mol. The van der Waals surface area contributed by atoms with Crippen molar-refractivity contribution >= 4 is 17.5 Å². The molecule has 0 aliphatic heterocycles. The maximum atomic E-state index is 12.8. The molecule has 0 atom stereocenters. The maximum absolute atomic E-state index is 12.8. The number of hydrogen-bond donors (Lipinski definition) is 0. The summed E-state index contributed by atoms with van der Waals surface area (Å²) < 4.78 is 0. The van der Waals surface area contributed by atoms with Gasteiger partial charge in [-0.2, -0.15) is 0 Å². The van der Waals surface area contributed by atoms with Gasteiger partial charge in [-0.1, -0.05) is 66.2 Å². The Morgan fingerprint density at radius 1 is 0.788 bits per heavy atom. The van der Waals surface area contributed by atoms with Crippen molar-refractivity contribution in [1.82, 2.24) is 9.80 Å². The molecule has 3 nitrogen and oxygen atoms in total. The van der Waals surface area contributed by atoms with E-state index >= 15 is 0 Å². The summed E-state index contributed by atoms with van der Waals surface area (Å²) in [5.74, 6) is 0.662.